The van der Waals surface area contributed by atoms with Crippen molar-refractivity contribution in [1.29, 1.82) is 5.26 Å². The number of hydrogen-bond donors (Lipinski definition) is 1. The van der Waals surface area contributed by atoms with E-state index in [0.29, 0.717) is 6.42 Å². The Kier molecular flexibility index (Phi) is 4.79. The predicted molar refractivity (Wildman–Crippen MR) is 63.6 cm³/mol. The van der Waals surface area contributed by atoms with Gasteiger partial charge in [0, 0.05) is 11.5 Å². The number of hydrogen-bond acceptors (Lipinski definition) is 2. The topological polar surface area (TPSA) is 52.9 Å². The van der Waals surface area contributed by atoms with Crippen molar-refractivity contribution in [3.05, 3.63) is 0 Å². The van der Waals surface area contributed by atoms with Gasteiger partial charge in [-0.3, -0.25) is 4.79 Å². The zero-order valence-electron chi connectivity index (χ0n) is 10.4. The third kappa shape index (κ3) is 2.75. The largest absolute Gasteiger partial charge is 0.352 e. The zero-order valence-corrected chi connectivity index (χ0v) is 10.4. The number of amides is 1. The molecular formula is C13H22N2O. The van der Waals surface area contributed by atoms with Crippen LogP contribution < -0.4 is 5.32 Å². The molecule has 0 radical (unpaired) electrons. The van der Waals surface area contributed by atoms with Gasteiger partial charge < -0.3 is 5.32 Å². The van der Waals surface area contributed by atoms with E-state index in [1.54, 1.807) is 0 Å². The fraction of sp³-hybridized carbons (Fsp3) is 0.846. The maximum absolute atomic E-state index is 12.2. The number of carbonyl (C=O) groups is 1. The Bertz CT molecular complexity index is 274. The van der Waals surface area contributed by atoms with Crippen LogP contribution >= 0.6 is 0 Å². The van der Waals surface area contributed by atoms with Crippen LogP contribution in [0.1, 0.15) is 58.8 Å². The minimum absolute atomic E-state index is 0.0292. The van der Waals surface area contributed by atoms with E-state index < -0.39 is 0 Å². The first-order valence-electron chi connectivity index (χ1n) is 6.36. The summed E-state index contributed by atoms with van der Waals surface area (Å²) in [7, 11) is 0. The lowest BCUT2D eigenvalue weighted by Crippen LogP contribution is -2.43. The summed E-state index contributed by atoms with van der Waals surface area (Å²) >= 11 is 0. The van der Waals surface area contributed by atoms with Gasteiger partial charge >= 0.3 is 0 Å². The highest BCUT2D eigenvalue weighted by Gasteiger charge is 2.39. The van der Waals surface area contributed by atoms with Crippen LogP contribution in [0.3, 0.4) is 0 Å². The Morgan fingerprint density at radius 3 is 2.50 bits per heavy atom. The lowest BCUT2D eigenvalue weighted by atomic mass is 9.82. The first-order chi connectivity index (χ1) is 7.68. The minimum atomic E-state index is -0.136. The van der Waals surface area contributed by atoms with Crippen molar-refractivity contribution in [1.82, 2.24) is 5.32 Å². The first kappa shape index (κ1) is 13.0. The fourth-order valence-electron chi connectivity index (χ4n) is 2.54. The van der Waals surface area contributed by atoms with Crippen LogP contribution in [0.15, 0.2) is 0 Å². The molecule has 1 atom stereocenters. The summed E-state index contributed by atoms with van der Waals surface area (Å²) in [6.45, 7) is 4.10. The van der Waals surface area contributed by atoms with Gasteiger partial charge in [0.25, 0.3) is 0 Å². The van der Waals surface area contributed by atoms with Crippen molar-refractivity contribution < 1.29 is 4.79 Å². The molecule has 0 spiro atoms. The van der Waals surface area contributed by atoms with Gasteiger partial charge in [-0.25, -0.2) is 0 Å². The lowest BCUT2D eigenvalue weighted by molar-refractivity contribution is -0.131. The Balaban J connectivity index is 2.59. The van der Waals surface area contributed by atoms with E-state index in [-0.39, 0.29) is 17.4 Å². The van der Waals surface area contributed by atoms with E-state index in [1.807, 2.05) is 6.92 Å². The van der Waals surface area contributed by atoms with Crippen LogP contribution in [0.2, 0.25) is 0 Å². The van der Waals surface area contributed by atoms with Crippen molar-refractivity contribution in [2.45, 2.75) is 64.8 Å². The Labute approximate surface area is 98.2 Å². The number of nitrogens with zero attached hydrogens (tertiary/aromatic N) is 1. The predicted octanol–water partition coefficient (Wildman–Crippen LogP) is 2.77. The summed E-state index contributed by atoms with van der Waals surface area (Å²) in [4.78, 5) is 12.2. The van der Waals surface area contributed by atoms with Crippen LogP contribution in [-0.4, -0.2) is 11.9 Å². The van der Waals surface area contributed by atoms with E-state index in [0.717, 1.165) is 38.5 Å². The molecular weight excluding hydrogens is 200 g/mol. The highest BCUT2D eigenvalue weighted by molar-refractivity contribution is 5.83. The number of nitrogens with one attached hydrogen (secondary N) is 1. The molecule has 90 valence electrons. The maximum atomic E-state index is 12.2. The second kappa shape index (κ2) is 5.89. The standard InChI is InChI=1S/C13H22N2O/c1-3-11(7-10-14)15-12(16)13(4-2)8-5-6-9-13/h11H,3-9H2,1-2H3,(H,15,16). The monoisotopic (exact) mass is 222 g/mol. The van der Waals surface area contributed by atoms with E-state index in [2.05, 4.69) is 18.3 Å². The van der Waals surface area contributed by atoms with Crippen molar-refractivity contribution in [3.63, 3.8) is 0 Å². The van der Waals surface area contributed by atoms with Crippen molar-refractivity contribution in [2.75, 3.05) is 0 Å². The smallest absolute Gasteiger partial charge is 0.226 e. The fourth-order valence-corrected chi connectivity index (χ4v) is 2.54. The van der Waals surface area contributed by atoms with Gasteiger partial charge in [0.1, 0.15) is 0 Å². The quantitative estimate of drug-likeness (QED) is 0.777. The van der Waals surface area contributed by atoms with E-state index in [9.17, 15) is 4.79 Å². The molecule has 1 rings (SSSR count). The van der Waals surface area contributed by atoms with Gasteiger partial charge in [-0.15, -0.1) is 0 Å². The van der Waals surface area contributed by atoms with Gasteiger partial charge in [-0.1, -0.05) is 26.7 Å². The van der Waals surface area contributed by atoms with Crippen molar-refractivity contribution in [3.8, 4) is 6.07 Å². The molecule has 0 aromatic rings. The molecule has 1 saturated carbocycles. The highest BCUT2D eigenvalue weighted by atomic mass is 16.2. The lowest BCUT2D eigenvalue weighted by Gasteiger charge is -2.28. The SMILES string of the molecule is CCC(CC#N)NC(=O)C1(CC)CCCC1. The zero-order chi connectivity index (χ0) is 12.0. The molecule has 1 aliphatic rings. The molecule has 3 nitrogen and oxygen atoms in total. The van der Waals surface area contributed by atoms with Crippen LogP contribution in [0, 0.1) is 16.7 Å². The Hall–Kier alpha value is -1.04. The van der Waals surface area contributed by atoms with Crippen molar-refractivity contribution >= 4 is 5.91 Å². The molecule has 1 amide bonds. The third-order valence-electron chi connectivity index (χ3n) is 3.88. The molecule has 1 aliphatic carbocycles. The second-order valence-corrected chi connectivity index (χ2v) is 4.78. The van der Waals surface area contributed by atoms with Crippen LogP contribution in [0.4, 0.5) is 0 Å². The molecule has 0 heterocycles. The van der Waals surface area contributed by atoms with E-state index in [4.69, 9.17) is 5.26 Å². The molecule has 0 aliphatic heterocycles. The molecule has 1 N–H and O–H groups in total. The van der Waals surface area contributed by atoms with Crippen molar-refractivity contribution in [2.24, 2.45) is 5.41 Å². The van der Waals surface area contributed by atoms with E-state index >= 15 is 0 Å². The molecule has 1 unspecified atom stereocenters. The van der Waals surface area contributed by atoms with Gasteiger partial charge in [-0.2, -0.15) is 5.26 Å². The maximum Gasteiger partial charge on any atom is 0.226 e. The molecule has 0 saturated heterocycles. The first-order valence-corrected chi connectivity index (χ1v) is 6.36. The molecule has 0 bridgehead atoms. The third-order valence-corrected chi connectivity index (χ3v) is 3.88. The minimum Gasteiger partial charge on any atom is -0.352 e. The summed E-state index contributed by atoms with van der Waals surface area (Å²) in [5.41, 5.74) is -0.136. The van der Waals surface area contributed by atoms with Crippen LogP contribution in [0.25, 0.3) is 0 Å². The summed E-state index contributed by atoms with van der Waals surface area (Å²) in [6.07, 6.45) is 6.52. The summed E-state index contributed by atoms with van der Waals surface area (Å²) in [5.74, 6) is 0.176. The van der Waals surface area contributed by atoms with Crippen LogP contribution in [-0.2, 0) is 4.79 Å². The van der Waals surface area contributed by atoms with Gasteiger partial charge in [0.2, 0.25) is 5.91 Å². The number of rotatable bonds is 5. The molecule has 16 heavy (non-hydrogen) atoms. The van der Waals surface area contributed by atoms with Crippen LogP contribution in [0.5, 0.6) is 0 Å². The van der Waals surface area contributed by atoms with Gasteiger partial charge in [0.15, 0.2) is 0 Å². The molecule has 0 aromatic heterocycles. The summed E-state index contributed by atoms with van der Waals surface area (Å²) < 4.78 is 0. The summed E-state index contributed by atoms with van der Waals surface area (Å²) in [5, 5.41) is 11.7. The van der Waals surface area contributed by atoms with E-state index in [1.165, 1.54) is 0 Å². The van der Waals surface area contributed by atoms with Gasteiger partial charge in [0.05, 0.1) is 12.5 Å². The number of nitriles is 1. The normalized spacial score (nSPS) is 20.1. The molecule has 0 aromatic carbocycles. The second-order valence-electron chi connectivity index (χ2n) is 4.78. The average molecular weight is 222 g/mol. The molecule has 1 fully saturated rings. The van der Waals surface area contributed by atoms with Gasteiger partial charge in [-0.05, 0) is 25.7 Å². The Morgan fingerprint density at radius 1 is 1.44 bits per heavy atom. The highest BCUT2D eigenvalue weighted by Crippen LogP contribution is 2.41. The number of carbonyl (C=O) groups excluding carboxylic acids is 1. The molecule has 3 heteroatoms. The summed E-state index contributed by atoms with van der Waals surface area (Å²) in [6, 6.07) is 2.16. The average Bonchev–Trinajstić information content (AvgIpc) is 2.78. The Morgan fingerprint density at radius 2 is 2.06 bits per heavy atom.